The van der Waals surface area contributed by atoms with Crippen molar-refractivity contribution >= 4 is 0 Å². The van der Waals surface area contributed by atoms with Crippen molar-refractivity contribution in [1.82, 2.24) is 0 Å². The van der Waals surface area contributed by atoms with Gasteiger partial charge in [-0.25, -0.2) is 0 Å². The summed E-state index contributed by atoms with van der Waals surface area (Å²) in [5.74, 6) is 0. The van der Waals surface area contributed by atoms with Gasteiger partial charge in [-0.2, -0.15) is 0 Å². The number of aliphatic hydroxyl groups excluding tert-OH is 8. The quantitative estimate of drug-likeness (QED) is 0.203. The zero-order chi connectivity index (χ0) is 17.8. The maximum atomic E-state index is 10.1. The zero-order valence-corrected chi connectivity index (χ0v) is 12.2. The first-order valence-corrected chi connectivity index (χ1v) is 6.94. The average molecular weight is 344 g/mol. The highest BCUT2D eigenvalue weighted by molar-refractivity contribution is 4.92. The molecule has 0 unspecified atom stereocenters. The molecule has 0 amide bonds. The minimum Gasteiger partial charge on any atom is -0.394 e. The van der Waals surface area contributed by atoms with Crippen LogP contribution in [0.5, 0.6) is 0 Å². The molecule has 0 aliphatic carbocycles. The van der Waals surface area contributed by atoms with E-state index in [-0.39, 0.29) is 0 Å². The highest BCUT2D eigenvalue weighted by Gasteiger charge is 2.46. The molecular formula is C12H24O11. The maximum Gasteiger partial charge on any atom is 0.186 e. The normalized spacial score (nSPS) is 37.2. The summed E-state index contributed by atoms with van der Waals surface area (Å²) in [5, 5.41) is 85.0. The average Bonchev–Trinajstić information content (AvgIpc) is 2.57. The fourth-order valence-electron chi connectivity index (χ4n) is 2.11. The van der Waals surface area contributed by atoms with Gasteiger partial charge in [0.15, 0.2) is 6.29 Å². The maximum absolute atomic E-state index is 10.1. The van der Waals surface area contributed by atoms with E-state index in [9.17, 15) is 35.7 Å². The van der Waals surface area contributed by atoms with Crippen molar-refractivity contribution in [2.24, 2.45) is 0 Å². The van der Waals surface area contributed by atoms with Gasteiger partial charge >= 0.3 is 0 Å². The number of hydrogen-bond acceptors (Lipinski definition) is 11. The van der Waals surface area contributed by atoms with Gasteiger partial charge in [-0.15, -0.1) is 0 Å². The Morgan fingerprint density at radius 1 is 1.00 bits per heavy atom. The predicted octanol–water partition coefficient (Wildman–Crippen LogP) is -5.76. The van der Waals surface area contributed by atoms with Crippen molar-refractivity contribution in [2.45, 2.75) is 48.5 Å². The van der Waals surface area contributed by atoms with Crippen LogP contribution in [0.2, 0.25) is 0 Å². The monoisotopic (exact) mass is 344 g/mol. The van der Waals surface area contributed by atoms with Crippen LogP contribution >= 0.6 is 0 Å². The standard InChI is InChI=1S/C12H24O11/c13-1-5(16)10(20)12(21,3-15)4-22-11-9(19)8(18)7(17)6(2-14)23-11/h5-11,13-21H,1-4H2/t5-,6+,7-,8-,9+,10-,11-,12+/m0/s1. The summed E-state index contributed by atoms with van der Waals surface area (Å²) in [6.07, 6.45) is -11.5. The molecule has 1 aliphatic rings. The van der Waals surface area contributed by atoms with Crippen LogP contribution in [0.1, 0.15) is 0 Å². The second-order valence-electron chi connectivity index (χ2n) is 5.46. The molecule has 9 N–H and O–H groups in total. The predicted molar refractivity (Wildman–Crippen MR) is 70.9 cm³/mol. The molecule has 0 spiro atoms. The highest BCUT2D eigenvalue weighted by atomic mass is 16.7. The molecule has 0 aromatic heterocycles. The van der Waals surface area contributed by atoms with Crippen molar-refractivity contribution in [3.8, 4) is 0 Å². The van der Waals surface area contributed by atoms with Crippen molar-refractivity contribution in [2.75, 3.05) is 26.4 Å². The third-order valence-electron chi connectivity index (χ3n) is 3.72. The molecule has 0 radical (unpaired) electrons. The minimum atomic E-state index is -2.39. The summed E-state index contributed by atoms with van der Waals surface area (Å²) in [7, 11) is 0. The summed E-state index contributed by atoms with van der Waals surface area (Å²) < 4.78 is 10.0. The summed E-state index contributed by atoms with van der Waals surface area (Å²) in [5.41, 5.74) is -2.39. The van der Waals surface area contributed by atoms with E-state index in [2.05, 4.69) is 0 Å². The molecule has 23 heavy (non-hydrogen) atoms. The van der Waals surface area contributed by atoms with Crippen molar-refractivity contribution < 1.29 is 55.4 Å². The molecule has 0 aromatic carbocycles. The Bertz CT molecular complexity index is 354. The third kappa shape index (κ3) is 4.55. The van der Waals surface area contributed by atoms with E-state index in [1.165, 1.54) is 0 Å². The van der Waals surface area contributed by atoms with Gasteiger partial charge in [-0.3, -0.25) is 0 Å². The lowest BCUT2D eigenvalue weighted by molar-refractivity contribution is -0.314. The van der Waals surface area contributed by atoms with E-state index >= 15 is 0 Å². The van der Waals surface area contributed by atoms with Gasteiger partial charge in [-0.05, 0) is 0 Å². The Labute approximate surface area is 131 Å². The largest absolute Gasteiger partial charge is 0.394 e. The van der Waals surface area contributed by atoms with Gasteiger partial charge in [0, 0.05) is 0 Å². The van der Waals surface area contributed by atoms with E-state index in [1.54, 1.807) is 0 Å². The summed E-state index contributed by atoms with van der Waals surface area (Å²) in [6, 6.07) is 0. The van der Waals surface area contributed by atoms with Crippen LogP contribution in [0.4, 0.5) is 0 Å². The molecule has 1 fully saturated rings. The highest BCUT2D eigenvalue weighted by Crippen LogP contribution is 2.24. The van der Waals surface area contributed by atoms with E-state index in [0.29, 0.717) is 0 Å². The summed E-state index contributed by atoms with van der Waals surface area (Å²) in [6.45, 7) is -3.46. The first-order valence-electron chi connectivity index (χ1n) is 6.94. The number of aliphatic hydroxyl groups is 9. The smallest absolute Gasteiger partial charge is 0.186 e. The van der Waals surface area contributed by atoms with E-state index in [4.69, 9.17) is 19.7 Å². The second kappa shape index (κ2) is 8.60. The fraction of sp³-hybridized carbons (Fsp3) is 1.00. The Kier molecular flexibility index (Phi) is 7.70. The molecule has 8 atom stereocenters. The summed E-state index contributed by atoms with van der Waals surface area (Å²) >= 11 is 0. The lowest BCUT2D eigenvalue weighted by Gasteiger charge is -2.41. The lowest BCUT2D eigenvalue weighted by atomic mass is 9.94. The van der Waals surface area contributed by atoms with Crippen LogP contribution in [-0.4, -0.2) is 121 Å². The van der Waals surface area contributed by atoms with Crippen LogP contribution < -0.4 is 0 Å². The molecule has 11 nitrogen and oxygen atoms in total. The molecule has 138 valence electrons. The lowest BCUT2D eigenvalue weighted by Crippen LogP contribution is -2.61. The van der Waals surface area contributed by atoms with Crippen molar-refractivity contribution in [1.29, 1.82) is 0 Å². The topological polar surface area (TPSA) is 201 Å². The molecule has 1 saturated heterocycles. The van der Waals surface area contributed by atoms with Gasteiger partial charge in [0.1, 0.15) is 42.2 Å². The van der Waals surface area contributed by atoms with Crippen LogP contribution in [0.15, 0.2) is 0 Å². The zero-order valence-electron chi connectivity index (χ0n) is 12.2. The van der Waals surface area contributed by atoms with E-state index < -0.39 is 74.9 Å². The first-order chi connectivity index (χ1) is 10.7. The van der Waals surface area contributed by atoms with Crippen molar-refractivity contribution in [3.05, 3.63) is 0 Å². The van der Waals surface area contributed by atoms with Crippen LogP contribution in [0.3, 0.4) is 0 Å². The van der Waals surface area contributed by atoms with Gasteiger partial charge in [0.05, 0.1) is 26.4 Å². The number of hydrogen-bond donors (Lipinski definition) is 9. The molecular weight excluding hydrogens is 320 g/mol. The number of ether oxygens (including phenoxy) is 2. The molecule has 0 aromatic rings. The Hall–Kier alpha value is -0.440. The Balaban J connectivity index is 2.73. The molecule has 1 heterocycles. The fourth-order valence-corrected chi connectivity index (χ4v) is 2.11. The van der Waals surface area contributed by atoms with Crippen LogP contribution in [0.25, 0.3) is 0 Å². The van der Waals surface area contributed by atoms with Gasteiger partial charge in [-0.1, -0.05) is 0 Å². The molecule has 11 heteroatoms. The molecule has 1 aliphatic heterocycles. The van der Waals surface area contributed by atoms with Gasteiger partial charge in [0.25, 0.3) is 0 Å². The Morgan fingerprint density at radius 2 is 1.61 bits per heavy atom. The van der Waals surface area contributed by atoms with Crippen molar-refractivity contribution in [3.63, 3.8) is 0 Å². The van der Waals surface area contributed by atoms with Crippen LogP contribution in [-0.2, 0) is 9.47 Å². The SMILES string of the molecule is OC[C@H](O)[C@H](O)[C@@](O)(CO)CO[C@H]1O[C@H](CO)[C@H](O)[C@H](O)[C@H]1O. The first kappa shape index (κ1) is 20.6. The van der Waals surface area contributed by atoms with Crippen LogP contribution in [0, 0.1) is 0 Å². The molecule has 0 saturated carbocycles. The van der Waals surface area contributed by atoms with E-state index in [0.717, 1.165) is 0 Å². The summed E-state index contributed by atoms with van der Waals surface area (Å²) in [4.78, 5) is 0. The van der Waals surface area contributed by atoms with Gasteiger partial charge in [0.2, 0.25) is 0 Å². The molecule has 1 rings (SSSR count). The van der Waals surface area contributed by atoms with E-state index in [1.807, 2.05) is 0 Å². The number of rotatable bonds is 8. The third-order valence-corrected chi connectivity index (χ3v) is 3.72. The van der Waals surface area contributed by atoms with Gasteiger partial charge < -0.3 is 55.4 Å². The minimum absolute atomic E-state index is 0.680. The second-order valence-corrected chi connectivity index (χ2v) is 5.46. The Morgan fingerprint density at radius 3 is 2.09 bits per heavy atom. The molecule has 0 bridgehead atoms.